The molecule has 33 heavy (non-hydrogen) atoms. The van der Waals surface area contributed by atoms with Crippen LogP contribution in [0.3, 0.4) is 0 Å². The first-order valence-electron chi connectivity index (χ1n) is 10.8. The minimum Gasteiger partial charge on any atom is -0.326 e. The minimum absolute atomic E-state index is 0.101. The lowest BCUT2D eigenvalue weighted by atomic mass is 9.99. The summed E-state index contributed by atoms with van der Waals surface area (Å²) in [6, 6.07) is 11.3. The van der Waals surface area contributed by atoms with E-state index in [9.17, 15) is 4.79 Å². The number of nitrogens with zero attached hydrogens (tertiary/aromatic N) is 4. The molecule has 1 aliphatic heterocycles. The van der Waals surface area contributed by atoms with Crippen molar-refractivity contribution < 1.29 is 4.79 Å². The molecule has 0 bridgehead atoms. The van der Waals surface area contributed by atoms with Gasteiger partial charge in [-0.1, -0.05) is 5.92 Å². The van der Waals surface area contributed by atoms with Gasteiger partial charge < -0.3 is 10.6 Å². The van der Waals surface area contributed by atoms with Gasteiger partial charge in [-0.2, -0.15) is 5.10 Å². The van der Waals surface area contributed by atoms with Crippen LogP contribution >= 0.6 is 11.8 Å². The molecule has 1 aromatic carbocycles. The predicted octanol–water partition coefficient (Wildman–Crippen LogP) is 4.20. The van der Waals surface area contributed by atoms with Gasteiger partial charge in [0.15, 0.2) is 11.0 Å². The van der Waals surface area contributed by atoms with Crippen LogP contribution in [0.15, 0.2) is 46.5 Å². The Kier molecular flexibility index (Phi) is 6.67. The third-order valence-electron chi connectivity index (χ3n) is 5.19. The SMILES string of the molecule is CC(=O)Nc1ccc(Sc2nc(C#CC(C)(C)N3CCC3)cc(Nc3cc(C)[nH]n3)n2)cc1. The standard InChI is InChI=1S/C24H27N7OS/c1-16-14-22(30-29-16)27-21-15-19(10-11-24(3,4)31-12-5-13-31)26-23(28-21)33-20-8-6-18(7-9-20)25-17(2)32/h6-9,14-15H,5,12-13H2,1-4H3,(H,25,32)(H2,26,27,28,29,30). The fraction of sp³-hybridized carbons (Fsp3) is 0.333. The van der Waals surface area contributed by atoms with Crippen LogP contribution in [-0.4, -0.2) is 49.6 Å². The molecule has 0 aliphatic carbocycles. The highest BCUT2D eigenvalue weighted by Crippen LogP contribution is 2.28. The maximum atomic E-state index is 11.2. The molecule has 0 atom stereocenters. The molecule has 1 amide bonds. The summed E-state index contributed by atoms with van der Waals surface area (Å²) >= 11 is 1.43. The largest absolute Gasteiger partial charge is 0.326 e. The quantitative estimate of drug-likeness (QED) is 0.374. The van der Waals surface area contributed by atoms with E-state index in [0.29, 0.717) is 22.5 Å². The summed E-state index contributed by atoms with van der Waals surface area (Å²) in [6.45, 7) is 9.86. The van der Waals surface area contributed by atoms with Gasteiger partial charge in [-0.25, -0.2) is 9.97 Å². The number of carbonyl (C=O) groups is 1. The monoisotopic (exact) mass is 461 g/mol. The third kappa shape index (κ3) is 6.12. The van der Waals surface area contributed by atoms with Gasteiger partial charge in [0, 0.05) is 48.4 Å². The first-order valence-corrected chi connectivity index (χ1v) is 11.6. The number of aromatic nitrogens is 4. The summed E-state index contributed by atoms with van der Waals surface area (Å²) in [5.74, 6) is 7.83. The van der Waals surface area contributed by atoms with Crippen molar-refractivity contribution in [1.82, 2.24) is 25.1 Å². The molecule has 0 unspecified atom stereocenters. The second-order valence-electron chi connectivity index (χ2n) is 8.44. The van der Waals surface area contributed by atoms with Crippen molar-refractivity contribution in [3.8, 4) is 11.8 Å². The normalized spacial score (nSPS) is 13.6. The van der Waals surface area contributed by atoms with E-state index in [4.69, 9.17) is 0 Å². The van der Waals surface area contributed by atoms with Crippen LogP contribution in [0.2, 0.25) is 0 Å². The molecular formula is C24H27N7OS. The number of benzene rings is 1. The van der Waals surface area contributed by atoms with Gasteiger partial charge in [0.1, 0.15) is 11.5 Å². The highest BCUT2D eigenvalue weighted by Gasteiger charge is 2.29. The van der Waals surface area contributed by atoms with Crippen molar-refractivity contribution >= 4 is 35.0 Å². The summed E-state index contributed by atoms with van der Waals surface area (Å²) in [5, 5.41) is 13.7. The maximum Gasteiger partial charge on any atom is 0.221 e. The second kappa shape index (κ2) is 9.65. The molecule has 2 aromatic heterocycles. The summed E-state index contributed by atoms with van der Waals surface area (Å²) in [6.07, 6.45) is 1.22. The Bertz CT molecular complexity index is 1200. The van der Waals surface area contributed by atoms with Crippen molar-refractivity contribution in [2.45, 2.75) is 49.7 Å². The zero-order chi connectivity index (χ0) is 23.4. The molecule has 0 saturated carbocycles. The van der Waals surface area contributed by atoms with E-state index in [2.05, 4.69) is 61.4 Å². The molecular weight excluding hydrogens is 434 g/mol. The Morgan fingerprint density at radius 1 is 1.15 bits per heavy atom. The van der Waals surface area contributed by atoms with Gasteiger partial charge in [0.25, 0.3) is 0 Å². The molecule has 9 heteroatoms. The van der Waals surface area contributed by atoms with E-state index in [1.165, 1.54) is 25.1 Å². The van der Waals surface area contributed by atoms with Crippen molar-refractivity contribution in [3.63, 3.8) is 0 Å². The number of amides is 1. The van der Waals surface area contributed by atoms with Crippen molar-refractivity contribution in [2.24, 2.45) is 0 Å². The Balaban J connectivity index is 1.60. The lowest BCUT2D eigenvalue weighted by Crippen LogP contribution is -2.50. The Morgan fingerprint density at radius 2 is 1.91 bits per heavy atom. The summed E-state index contributed by atoms with van der Waals surface area (Å²) < 4.78 is 0. The second-order valence-corrected chi connectivity index (χ2v) is 9.48. The number of carbonyl (C=O) groups excluding carboxylic acids is 1. The zero-order valence-corrected chi connectivity index (χ0v) is 20.0. The lowest BCUT2D eigenvalue weighted by Gasteiger charge is -2.41. The van der Waals surface area contributed by atoms with E-state index in [1.54, 1.807) is 0 Å². The van der Waals surface area contributed by atoms with E-state index >= 15 is 0 Å². The summed E-state index contributed by atoms with van der Waals surface area (Å²) in [7, 11) is 0. The molecule has 1 saturated heterocycles. The highest BCUT2D eigenvalue weighted by molar-refractivity contribution is 7.99. The molecule has 8 nitrogen and oxygen atoms in total. The van der Waals surface area contributed by atoms with Gasteiger partial charge in [-0.3, -0.25) is 14.8 Å². The van der Waals surface area contributed by atoms with Crippen LogP contribution in [0.25, 0.3) is 0 Å². The van der Waals surface area contributed by atoms with E-state index in [1.807, 2.05) is 43.3 Å². The van der Waals surface area contributed by atoms with E-state index in [-0.39, 0.29) is 11.4 Å². The number of hydrogen-bond acceptors (Lipinski definition) is 7. The van der Waals surface area contributed by atoms with Crippen LogP contribution in [0.1, 0.15) is 38.6 Å². The van der Waals surface area contributed by atoms with Crippen molar-refractivity contribution in [3.05, 3.63) is 47.8 Å². The highest BCUT2D eigenvalue weighted by atomic mass is 32.2. The number of H-pyrrole nitrogens is 1. The topological polar surface area (TPSA) is 98.8 Å². The molecule has 0 spiro atoms. The summed E-state index contributed by atoms with van der Waals surface area (Å²) in [5.41, 5.74) is 2.14. The molecule has 1 fully saturated rings. The average Bonchev–Trinajstić information content (AvgIpc) is 3.10. The van der Waals surface area contributed by atoms with Crippen LogP contribution in [0, 0.1) is 18.8 Å². The summed E-state index contributed by atoms with van der Waals surface area (Å²) in [4.78, 5) is 23.9. The molecule has 3 aromatic rings. The maximum absolute atomic E-state index is 11.2. The molecule has 1 aliphatic rings. The number of anilines is 3. The van der Waals surface area contributed by atoms with Crippen LogP contribution in [-0.2, 0) is 4.79 Å². The zero-order valence-electron chi connectivity index (χ0n) is 19.2. The number of aromatic amines is 1. The van der Waals surface area contributed by atoms with E-state index < -0.39 is 0 Å². The Hall–Kier alpha value is -3.35. The fourth-order valence-electron chi connectivity index (χ4n) is 3.30. The minimum atomic E-state index is -0.205. The Labute approximate surface area is 198 Å². The number of hydrogen-bond donors (Lipinski definition) is 3. The number of rotatable bonds is 6. The number of likely N-dealkylation sites (tertiary alicyclic amines) is 1. The van der Waals surface area contributed by atoms with E-state index in [0.717, 1.165) is 29.4 Å². The molecule has 0 radical (unpaired) electrons. The predicted molar refractivity (Wildman–Crippen MR) is 131 cm³/mol. The van der Waals surface area contributed by atoms with Crippen LogP contribution in [0.4, 0.5) is 17.3 Å². The Morgan fingerprint density at radius 3 is 2.52 bits per heavy atom. The number of nitrogens with one attached hydrogen (secondary N) is 3. The lowest BCUT2D eigenvalue weighted by molar-refractivity contribution is -0.114. The number of aryl methyl sites for hydroxylation is 1. The molecule has 3 heterocycles. The van der Waals surface area contributed by atoms with Crippen LogP contribution in [0.5, 0.6) is 0 Å². The van der Waals surface area contributed by atoms with Gasteiger partial charge >= 0.3 is 0 Å². The first kappa shape index (κ1) is 22.8. The van der Waals surface area contributed by atoms with Gasteiger partial charge in [0.2, 0.25) is 5.91 Å². The smallest absolute Gasteiger partial charge is 0.221 e. The van der Waals surface area contributed by atoms with Gasteiger partial charge in [0.05, 0.1) is 5.54 Å². The van der Waals surface area contributed by atoms with Crippen molar-refractivity contribution in [2.75, 3.05) is 23.7 Å². The fourth-order valence-corrected chi connectivity index (χ4v) is 4.07. The van der Waals surface area contributed by atoms with Gasteiger partial charge in [-0.05, 0) is 69.1 Å². The van der Waals surface area contributed by atoms with Crippen LogP contribution < -0.4 is 10.6 Å². The first-order chi connectivity index (χ1) is 15.8. The van der Waals surface area contributed by atoms with Crippen molar-refractivity contribution in [1.29, 1.82) is 0 Å². The molecule has 4 rings (SSSR count). The molecule has 3 N–H and O–H groups in total. The van der Waals surface area contributed by atoms with Gasteiger partial charge in [-0.15, -0.1) is 0 Å². The molecule has 170 valence electrons. The average molecular weight is 462 g/mol. The third-order valence-corrected chi connectivity index (χ3v) is 6.07.